The molecule has 6 N–H and O–H groups in total. The highest BCUT2D eigenvalue weighted by Crippen LogP contribution is 2.60. The number of carbonyl (C=O) groups excluding carboxylic acids is 2. The van der Waals surface area contributed by atoms with Crippen LogP contribution in [0, 0.1) is 41.4 Å². The van der Waals surface area contributed by atoms with E-state index >= 15 is 0 Å². The average molecular weight is 602 g/mol. The fourth-order valence-electron chi connectivity index (χ4n) is 9.30. The number of amides is 1. The van der Waals surface area contributed by atoms with Gasteiger partial charge < -0.3 is 31.3 Å². The van der Waals surface area contributed by atoms with Gasteiger partial charge in [-0.2, -0.15) is 0 Å². The van der Waals surface area contributed by atoms with Crippen LogP contribution in [0.3, 0.4) is 0 Å². The number of aliphatic hydroxyl groups excluding tert-OH is 2. The lowest BCUT2D eigenvalue weighted by atomic mass is 9.51. The average Bonchev–Trinajstić information content (AvgIpc) is 3.30. The molecule has 0 bridgehead atoms. The molecule has 0 radical (unpaired) electrons. The number of ether oxygens (including phenoxy) is 1. The molecule has 0 aromatic heterocycles. The summed E-state index contributed by atoms with van der Waals surface area (Å²) in [5.74, 6) is 1.67. The van der Waals surface area contributed by atoms with Gasteiger partial charge >= 0.3 is 5.97 Å². The number of hydrogen-bond acceptors (Lipinski definition) is 7. The second-order valence-electron chi connectivity index (χ2n) is 14.2. The van der Waals surface area contributed by atoms with E-state index in [1.54, 1.807) is 0 Å². The largest absolute Gasteiger partial charge is 0.458 e. The van der Waals surface area contributed by atoms with Gasteiger partial charge in [0.25, 0.3) is 0 Å². The zero-order chi connectivity index (χ0) is 31.1. The van der Waals surface area contributed by atoms with E-state index in [9.17, 15) is 19.8 Å². The first-order chi connectivity index (χ1) is 20.6. The number of nitrogens with two attached hydrogens (primary N) is 1. The zero-order valence-electron chi connectivity index (χ0n) is 27.2. The van der Waals surface area contributed by atoms with Crippen molar-refractivity contribution in [3.8, 4) is 0 Å². The molecular formula is C35H59N3O5. The molecule has 4 saturated carbocycles. The Morgan fingerprint density at radius 3 is 2.33 bits per heavy atom. The van der Waals surface area contributed by atoms with Crippen LogP contribution < -0.4 is 16.4 Å². The third kappa shape index (κ3) is 8.30. The van der Waals surface area contributed by atoms with E-state index in [0.717, 1.165) is 82.0 Å². The Morgan fingerprint density at radius 2 is 1.60 bits per heavy atom. The standard InChI is InChI=1S/C35H59N3O5/c1-21(2)9-7-10-27(35(42)38-18-8-17-37-16-6-5-15-36)34-29-19-31(41)33-25-13-14-30(40)22(3)24(25)11-12-26(33)28(29)20-32(34)43-23(4)39/h9,22,24-26,28-33,37,40-41H,5-8,10-20,36H2,1-4H3,(H,38,42)/b34-27-/t22-,24?,25?,26?,28?,29?,30+,31?,32?,33?/m0/s1. The normalized spacial score (nSPS) is 36.2. The number of rotatable bonds is 13. The first-order valence-electron chi connectivity index (χ1n) is 17.2. The number of hydrogen-bond donors (Lipinski definition) is 5. The van der Waals surface area contributed by atoms with Crippen LogP contribution >= 0.6 is 0 Å². The molecule has 0 saturated heterocycles. The minimum atomic E-state index is -0.444. The summed E-state index contributed by atoms with van der Waals surface area (Å²) in [6, 6.07) is 0. The summed E-state index contributed by atoms with van der Waals surface area (Å²) < 4.78 is 5.99. The van der Waals surface area contributed by atoms with Crippen LogP contribution in [0.4, 0.5) is 0 Å². The van der Waals surface area contributed by atoms with Crippen LogP contribution in [0.15, 0.2) is 22.8 Å². The number of aliphatic hydroxyl groups is 2. The summed E-state index contributed by atoms with van der Waals surface area (Å²) >= 11 is 0. The van der Waals surface area contributed by atoms with Crippen LogP contribution in [0.2, 0.25) is 0 Å². The van der Waals surface area contributed by atoms with Gasteiger partial charge in [0.05, 0.1) is 12.2 Å². The summed E-state index contributed by atoms with van der Waals surface area (Å²) in [4.78, 5) is 26.2. The fraction of sp³-hybridized carbons (Fsp3) is 0.829. The first-order valence-corrected chi connectivity index (χ1v) is 17.2. The minimum Gasteiger partial charge on any atom is -0.458 e. The number of carbonyl (C=O) groups is 2. The highest BCUT2D eigenvalue weighted by Gasteiger charge is 2.57. The van der Waals surface area contributed by atoms with Crippen molar-refractivity contribution in [3.05, 3.63) is 22.8 Å². The van der Waals surface area contributed by atoms with E-state index in [0.29, 0.717) is 49.6 Å². The zero-order valence-corrected chi connectivity index (χ0v) is 27.2. The highest BCUT2D eigenvalue weighted by atomic mass is 16.5. The van der Waals surface area contributed by atoms with Gasteiger partial charge in [-0.05, 0) is 151 Å². The highest BCUT2D eigenvalue weighted by molar-refractivity contribution is 5.94. The molecule has 10 atom stereocenters. The van der Waals surface area contributed by atoms with Gasteiger partial charge in [0.15, 0.2) is 0 Å². The molecule has 0 heterocycles. The second-order valence-corrected chi connectivity index (χ2v) is 14.2. The van der Waals surface area contributed by atoms with E-state index in [-0.39, 0.29) is 35.7 Å². The minimum absolute atomic E-state index is 0.0421. The van der Waals surface area contributed by atoms with Gasteiger partial charge in [-0.25, -0.2) is 0 Å². The molecule has 4 rings (SSSR count). The van der Waals surface area contributed by atoms with Crippen LogP contribution in [0.1, 0.15) is 98.3 Å². The van der Waals surface area contributed by atoms with Crippen molar-refractivity contribution in [1.29, 1.82) is 0 Å². The smallest absolute Gasteiger partial charge is 0.303 e. The molecular weight excluding hydrogens is 542 g/mol. The molecule has 4 aliphatic carbocycles. The Labute approximate surface area is 259 Å². The topological polar surface area (TPSA) is 134 Å². The maximum atomic E-state index is 13.9. The van der Waals surface area contributed by atoms with E-state index in [1.165, 1.54) is 12.5 Å². The van der Waals surface area contributed by atoms with Gasteiger partial charge in [-0.15, -0.1) is 0 Å². The van der Waals surface area contributed by atoms with Crippen molar-refractivity contribution in [1.82, 2.24) is 10.6 Å². The first kappa shape index (κ1) is 34.1. The summed E-state index contributed by atoms with van der Waals surface area (Å²) in [6.45, 7) is 10.8. The van der Waals surface area contributed by atoms with Crippen molar-refractivity contribution in [2.75, 3.05) is 26.2 Å². The van der Waals surface area contributed by atoms with Crippen molar-refractivity contribution in [2.24, 2.45) is 47.2 Å². The molecule has 4 aliphatic rings. The molecule has 0 aromatic carbocycles. The number of esters is 1. The predicted octanol–water partition coefficient (Wildman–Crippen LogP) is 4.25. The van der Waals surface area contributed by atoms with Crippen LogP contribution in [0.5, 0.6) is 0 Å². The van der Waals surface area contributed by atoms with E-state index < -0.39 is 12.2 Å². The van der Waals surface area contributed by atoms with E-state index in [2.05, 4.69) is 37.5 Å². The monoisotopic (exact) mass is 601 g/mol. The summed E-state index contributed by atoms with van der Waals surface area (Å²) in [5.41, 5.74) is 8.50. The van der Waals surface area contributed by atoms with Gasteiger partial charge in [0.1, 0.15) is 6.10 Å². The molecule has 4 fully saturated rings. The molecule has 0 aromatic rings. The fourth-order valence-corrected chi connectivity index (χ4v) is 9.30. The quantitative estimate of drug-likeness (QED) is 0.0923. The molecule has 8 heteroatoms. The Balaban J connectivity index is 1.56. The Morgan fingerprint density at radius 1 is 0.907 bits per heavy atom. The van der Waals surface area contributed by atoms with Crippen molar-refractivity contribution in [2.45, 2.75) is 117 Å². The number of nitrogens with one attached hydrogen (secondary N) is 2. The number of fused-ring (bicyclic) bond motifs is 5. The van der Waals surface area contributed by atoms with Crippen LogP contribution in [0.25, 0.3) is 0 Å². The maximum Gasteiger partial charge on any atom is 0.303 e. The molecule has 1 amide bonds. The Hall–Kier alpha value is -1.74. The summed E-state index contributed by atoms with van der Waals surface area (Å²) in [6.07, 6.45) is 10.5. The Kier molecular flexibility index (Phi) is 12.7. The maximum absolute atomic E-state index is 13.9. The third-order valence-electron chi connectivity index (χ3n) is 11.2. The summed E-state index contributed by atoms with van der Waals surface area (Å²) in [7, 11) is 0. The number of unbranched alkanes of at least 4 members (excludes halogenated alkanes) is 1. The van der Waals surface area contributed by atoms with Gasteiger partial charge in [-0.1, -0.05) is 18.6 Å². The van der Waals surface area contributed by atoms with Crippen molar-refractivity contribution in [3.63, 3.8) is 0 Å². The molecule has 244 valence electrons. The van der Waals surface area contributed by atoms with Crippen molar-refractivity contribution >= 4 is 11.9 Å². The predicted molar refractivity (Wildman–Crippen MR) is 170 cm³/mol. The van der Waals surface area contributed by atoms with Gasteiger partial charge in [-0.3, -0.25) is 9.59 Å². The van der Waals surface area contributed by atoms with Crippen LogP contribution in [-0.4, -0.2) is 66.6 Å². The molecule has 8 unspecified atom stereocenters. The summed E-state index contributed by atoms with van der Waals surface area (Å²) in [5, 5.41) is 28.9. The lowest BCUT2D eigenvalue weighted by Gasteiger charge is -2.55. The molecule has 8 nitrogen and oxygen atoms in total. The van der Waals surface area contributed by atoms with E-state index in [1.807, 2.05) is 0 Å². The van der Waals surface area contributed by atoms with Crippen molar-refractivity contribution < 1.29 is 24.5 Å². The van der Waals surface area contributed by atoms with E-state index in [4.69, 9.17) is 10.5 Å². The Bertz CT molecular complexity index is 1010. The molecule has 43 heavy (non-hydrogen) atoms. The van der Waals surface area contributed by atoms with Gasteiger partial charge in [0, 0.05) is 19.0 Å². The van der Waals surface area contributed by atoms with Crippen LogP contribution in [-0.2, 0) is 14.3 Å². The second kappa shape index (κ2) is 16.0. The SMILES string of the molecule is CC(=O)OC1CC2C(CC(O)C3C2CCC2C3CC[C@@H](O)[C@H]2C)/C1=C(\CCC=C(C)C)C(=O)NCCCNCCCCN. The lowest BCUT2D eigenvalue weighted by Crippen LogP contribution is -2.53. The lowest BCUT2D eigenvalue weighted by molar-refractivity contribution is -0.145. The van der Waals surface area contributed by atoms with Gasteiger partial charge in [0.2, 0.25) is 5.91 Å². The third-order valence-corrected chi connectivity index (χ3v) is 11.2. The molecule has 0 aliphatic heterocycles. The molecule has 0 spiro atoms. The number of allylic oxidation sites excluding steroid dienone is 2.